The van der Waals surface area contributed by atoms with Crippen molar-refractivity contribution in [2.45, 2.75) is 58.1 Å². The zero-order valence-electron chi connectivity index (χ0n) is 14.9. The van der Waals surface area contributed by atoms with Gasteiger partial charge in [-0.15, -0.1) is 0 Å². The smallest absolute Gasteiger partial charge is 0.317 e. The van der Waals surface area contributed by atoms with Gasteiger partial charge in [-0.05, 0) is 42.6 Å². The molecule has 24 heavy (non-hydrogen) atoms. The van der Waals surface area contributed by atoms with Crippen molar-refractivity contribution in [3.8, 4) is 0 Å². The molecule has 1 aromatic carbocycles. The van der Waals surface area contributed by atoms with Gasteiger partial charge in [0.25, 0.3) is 0 Å². The maximum atomic E-state index is 12.5. The summed E-state index contributed by atoms with van der Waals surface area (Å²) in [5, 5.41) is 13.8. The van der Waals surface area contributed by atoms with Crippen molar-refractivity contribution in [3.05, 3.63) is 35.9 Å². The van der Waals surface area contributed by atoms with Crippen LogP contribution in [0.25, 0.3) is 0 Å². The Morgan fingerprint density at radius 2 is 1.88 bits per heavy atom. The molecule has 0 aromatic heterocycles. The molecule has 2 aliphatic rings. The van der Waals surface area contributed by atoms with Crippen molar-refractivity contribution in [2.24, 2.45) is 11.3 Å². The van der Waals surface area contributed by atoms with Gasteiger partial charge >= 0.3 is 6.03 Å². The number of carbonyl (C=O) groups excluding carboxylic acids is 1. The van der Waals surface area contributed by atoms with Gasteiger partial charge in [-0.2, -0.15) is 0 Å². The Kier molecular flexibility index (Phi) is 5.14. The van der Waals surface area contributed by atoms with E-state index in [2.05, 4.69) is 19.2 Å². The van der Waals surface area contributed by atoms with E-state index in [0.717, 1.165) is 37.9 Å². The molecule has 132 valence electrons. The summed E-state index contributed by atoms with van der Waals surface area (Å²) < 4.78 is 0. The van der Waals surface area contributed by atoms with Gasteiger partial charge < -0.3 is 15.3 Å². The highest BCUT2D eigenvalue weighted by Gasteiger charge is 2.37. The molecule has 0 radical (unpaired) electrons. The van der Waals surface area contributed by atoms with Gasteiger partial charge in [-0.25, -0.2) is 4.79 Å². The lowest BCUT2D eigenvalue weighted by atomic mass is 9.87. The Hall–Kier alpha value is -1.55. The normalized spacial score (nSPS) is 25.5. The largest absolute Gasteiger partial charge is 0.388 e. The minimum Gasteiger partial charge on any atom is -0.388 e. The summed E-state index contributed by atoms with van der Waals surface area (Å²) in [6, 6.07) is 10.2. The number of hydrogen-bond donors (Lipinski definition) is 2. The van der Waals surface area contributed by atoms with Crippen LogP contribution in [0, 0.1) is 11.3 Å². The summed E-state index contributed by atoms with van der Waals surface area (Å²) >= 11 is 0. The molecule has 0 spiro atoms. The number of piperidine rings is 1. The number of aliphatic hydroxyl groups excluding tert-OH is 1. The van der Waals surface area contributed by atoms with Crippen LogP contribution < -0.4 is 5.32 Å². The van der Waals surface area contributed by atoms with Crippen LogP contribution >= 0.6 is 0 Å². The quantitative estimate of drug-likeness (QED) is 0.887. The Labute approximate surface area is 145 Å². The molecule has 2 atom stereocenters. The van der Waals surface area contributed by atoms with Gasteiger partial charge in [0.15, 0.2) is 0 Å². The molecule has 2 fully saturated rings. The third kappa shape index (κ3) is 3.75. The summed E-state index contributed by atoms with van der Waals surface area (Å²) in [6.45, 7) is 5.95. The zero-order valence-corrected chi connectivity index (χ0v) is 14.9. The molecular formula is C20H30N2O2. The summed E-state index contributed by atoms with van der Waals surface area (Å²) in [6.07, 6.45) is 4.76. The van der Waals surface area contributed by atoms with Crippen LogP contribution in [0.3, 0.4) is 0 Å². The maximum absolute atomic E-state index is 12.5. The van der Waals surface area contributed by atoms with E-state index in [9.17, 15) is 9.90 Å². The number of urea groups is 1. The molecule has 3 rings (SSSR count). The number of benzene rings is 1. The summed E-state index contributed by atoms with van der Waals surface area (Å²) in [4.78, 5) is 14.5. The first-order valence-corrected chi connectivity index (χ1v) is 9.26. The second-order valence-corrected chi connectivity index (χ2v) is 8.06. The number of nitrogens with one attached hydrogen (secondary N) is 1. The number of amides is 2. The average Bonchev–Trinajstić information content (AvgIpc) is 2.93. The van der Waals surface area contributed by atoms with Gasteiger partial charge in [-0.1, -0.05) is 50.6 Å². The molecule has 1 heterocycles. The van der Waals surface area contributed by atoms with Gasteiger partial charge in [0.05, 0.1) is 6.10 Å². The summed E-state index contributed by atoms with van der Waals surface area (Å²) in [5.41, 5.74) is 1.19. The standard InChI is InChI=1S/C20H30N2O2/c1-20(2)12-6-9-17(20)21-19(24)22-13-10-16(11-14-22)18(23)15-7-4-3-5-8-15/h3-5,7-8,16-18,23H,6,9-14H2,1-2H3,(H,21,24). The first kappa shape index (κ1) is 17.3. The van der Waals surface area contributed by atoms with Crippen molar-refractivity contribution >= 4 is 6.03 Å². The maximum Gasteiger partial charge on any atom is 0.317 e. The number of rotatable bonds is 3. The molecule has 2 unspecified atom stereocenters. The second kappa shape index (κ2) is 7.14. The van der Waals surface area contributed by atoms with Crippen LogP contribution in [-0.2, 0) is 0 Å². The second-order valence-electron chi connectivity index (χ2n) is 8.06. The van der Waals surface area contributed by atoms with Crippen molar-refractivity contribution in [1.82, 2.24) is 10.2 Å². The van der Waals surface area contributed by atoms with E-state index in [0.29, 0.717) is 0 Å². The van der Waals surface area contributed by atoms with E-state index in [1.54, 1.807) is 0 Å². The van der Waals surface area contributed by atoms with E-state index in [1.807, 2.05) is 35.2 Å². The van der Waals surface area contributed by atoms with Crippen LogP contribution in [-0.4, -0.2) is 35.2 Å². The third-order valence-electron chi connectivity index (χ3n) is 5.97. The van der Waals surface area contributed by atoms with Crippen LogP contribution in [0.5, 0.6) is 0 Å². The van der Waals surface area contributed by atoms with E-state index >= 15 is 0 Å². The molecule has 1 aromatic rings. The molecule has 2 amide bonds. The molecule has 1 saturated carbocycles. The molecular weight excluding hydrogens is 300 g/mol. The average molecular weight is 330 g/mol. The molecule has 1 aliphatic heterocycles. The van der Waals surface area contributed by atoms with Gasteiger partial charge in [-0.3, -0.25) is 0 Å². The fourth-order valence-electron chi connectivity index (χ4n) is 4.18. The number of nitrogens with zero attached hydrogens (tertiary/aromatic N) is 1. The first-order valence-electron chi connectivity index (χ1n) is 9.26. The highest BCUT2D eigenvalue weighted by atomic mass is 16.3. The third-order valence-corrected chi connectivity index (χ3v) is 5.97. The van der Waals surface area contributed by atoms with Crippen LogP contribution in [0.4, 0.5) is 4.79 Å². The van der Waals surface area contributed by atoms with Gasteiger partial charge in [0, 0.05) is 19.1 Å². The van der Waals surface area contributed by atoms with Crippen molar-refractivity contribution in [2.75, 3.05) is 13.1 Å². The highest BCUT2D eigenvalue weighted by molar-refractivity contribution is 5.74. The van der Waals surface area contributed by atoms with Crippen LogP contribution in [0.2, 0.25) is 0 Å². The van der Waals surface area contributed by atoms with Gasteiger partial charge in [0.1, 0.15) is 0 Å². The number of aliphatic hydroxyl groups is 1. The van der Waals surface area contributed by atoms with Crippen molar-refractivity contribution in [3.63, 3.8) is 0 Å². The number of carbonyl (C=O) groups is 1. The Bertz CT molecular complexity index is 550. The van der Waals surface area contributed by atoms with E-state index in [-0.39, 0.29) is 23.4 Å². The van der Waals surface area contributed by atoms with E-state index in [4.69, 9.17) is 0 Å². The predicted molar refractivity (Wildman–Crippen MR) is 95.7 cm³/mol. The van der Waals surface area contributed by atoms with Crippen molar-refractivity contribution in [1.29, 1.82) is 0 Å². The highest BCUT2D eigenvalue weighted by Crippen LogP contribution is 2.37. The molecule has 1 aliphatic carbocycles. The predicted octanol–water partition coefficient (Wildman–Crippen LogP) is 3.72. The van der Waals surface area contributed by atoms with Crippen LogP contribution in [0.1, 0.15) is 57.6 Å². The number of likely N-dealkylation sites (tertiary alicyclic amines) is 1. The molecule has 2 N–H and O–H groups in total. The lowest BCUT2D eigenvalue weighted by Gasteiger charge is -2.36. The van der Waals surface area contributed by atoms with Crippen molar-refractivity contribution < 1.29 is 9.90 Å². The first-order chi connectivity index (χ1) is 11.5. The lowest BCUT2D eigenvalue weighted by molar-refractivity contribution is 0.0655. The Balaban J connectivity index is 1.50. The van der Waals surface area contributed by atoms with Crippen LogP contribution in [0.15, 0.2) is 30.3 Å². The summed E-state index contributed by atoms with van der Waals surface area (Å²) in [7, 11) is 0. The Morgan fingerprint density at radius 3 is 2.46 bits per heavy atom. The monoisotopic (exact) mass is 330 g/mol. The van der Waals surface area contributed by atoms with E-state index < -0.39 is 6.10 Å². The molecule has 4 nitrogen and oxygen atoms in total. The lowest BCUT2D eigenvalue weighted by Crippen LogP contribution is -2.50. The molecule has 0 bridgehead atoms. The molecule has 4 heteroatoms. The SMILES string of the molecule is CC1(C)CCCC1NC(=O)N1CCC(C(O)c2ccccc2)CC1. The topological polar surface area (TPSA) is 52.6 Å². The fraction of sp³-hybridized carbons (Fsp3) is 0.650. The molecule has 1 saturated heterocycles. The fourth-order valence-corrected chi connectivity index (χ4v) is 4.18. The van der Waals surface area contributed by atoms with E-state index in [1.165, 1.54) is 12.8 Å². The zero-order chi connectivity index (χ0) is 17.2. The summed E-state index contributed by atoms with van der Waals surface area (Å²) in [5.74, 6) is 0.236. The number of hydrogen-bond acceptors (Lipinski definition) is 2. The minimum atomic E-state index is -0.426. The minimum absolute atomic E-state index is 0.0719. The Morgan fingerprint density at radius 1 is 1.21 bits per heavy atom. The van der Waals surface area contributed by atoms with Gasteiger partial charge in [0.2, 0.25) is 0 Å².